The summed E-state index contributed by atoms with van der Waals surface area (Å²) < 4.78 is 0. The Balaban J connectivity index is 1.56. The Morgan fingerprint density at radius 2 is 1.82 bits per heavy atom. The van der Waals surface area contributed by atoms with Crippen molar-refractivity contribution < 1.29 is 25.2 Å². The van der Waals surface area contributed by atoms with Crippen LogP contribution >= 0.6 is 0 Å². The summed E-state index contributed by atoms with van der Waals surface area (Å²) in [7, 11) is 0. The molecule has 4 fully saturated rings. The molecule has 0 amide bonds. The van der Waals surface area contributed by atoms with E-state index in [1.807, 2.05) is 0 Å². The first kappa shape index (κ1) is 20.6. The van der Waals surface area contributed by atoms with Crippen molar-refractivity contribution in [1.82, 2.24) is 0 Å². The SMILES string of the molecule is C[C@H](CCC(=O)[O-])C1CC[C@H]2[C@H]3[C@H](C[C@H](O)[C@]12C)[C@H]1CC[C@@H](O)C[C@H]1C[C@H]3O. The average Bonchev–Trinajstić information content (AvgIpc) is 2.98. The Morgan fingerprint density at radius 3 is 2.54 bits per heavy atom. The zero-order chi connectivity index (χ0) is 20.2. The fraction of sp³-hybridized carbons (Fsp3) is 0.957. The van der Waals surface area contributed by atoms with E-state index in [0.29, 0.717) is 36.0 Å². The largest absolute Gasteiger partial charge is 0.550 e. The molecule has 0 aromatic carbocycles. The molecule has 4 aliphatic rings. The molecule has 4 aliphatic carbocycles. The van der Waals surface area contributed by atoms with Gasteiger partial charge < -0.3 is 25.2 Å². The molecular weight excluding hydrogens is 356 g/mol. The van der Waals surface area contributed by atoms with Crippen LogP contribution in [0.25, 0.3) is 0 Å². The molecule has 3 N–H and O–H groups in total. The van der Waals surface area contributed by atoms with Crippen LogP contribution in [0.5, 0.6) is 0 Å². The number of fused-ring (bicyclic) bond motifs is 5. The minimum atomic E-state index is -0.996. The summed E-state index contributed by atoms with van der Waals surface area (Å²) >= 11 is 0. The number of aliphatic hydroxyl groups excluding tert-OH is 3. The van der Waals surface area contributed by atoms with E-state index in [9.17, 15) is 25.2 Å². The van der Waals surface area contributed by atoms with Gasteiger partial charge in [0.1, 0.15) is 0 Å². The van der Waals surface area contributed by atoms with Crippen molar-refractivity contribution in [3.05, 3.63) is 0 Å². The Bertz CT molecular complexity index is 594. The highest BCUT2D eigenvalue weighted by Gasteiger charge is 2.63. The number of rotatable bonds is 4. The van der Waals surface area contributed by atoms with Gasteiger partial charge in [-0.3, -0.25) is 0 Å². The number of hydrogen-bond acceptors (Lipinski definition) is 5. The lowest BCUT2D eigenvalue weighted by Crippen LogP contribution is -2.59. The van der Waals surface area contributed by atoms with E-state index in [-0.39, 0.29) is 35.9 Å². The van der Waals surface area contributed by atoms with Crippen LogP contribution in [0, 0.1) is 46.8 Å². The van der Waals surface area contributed by atoms with Crippen molar-refractivity contribution >= 4 is 5.97 Å². The van der Waals surface area contributed by atoms with Gasteiger partial charge in [-0.2, -0.15) is 0 Å². The normalized spacial score (nSPS) is 51.7. The van der Waals surface area contributed by atoms with Gasteiger partial charge in [-0.25, -0.2) is 0 Å². The average molecular weight is 394 g/mol. The maximum Gasteiger partial charge on any atom is 0.0602 e. The molecule has 0 heterocycles. The van der Waals surface area contributed by atoms with E-state index < -0.39 is 12.1 Å². The lowest BCUT2D eigenvalue weighted by atomic mass is 9.47. The van der Waals surface area contributed by atoms with Gasteiger partial charge in [0.15, 0.2) is 0 Å². The second-order valence-corrected chi connectivity index (χ2v) is 10.7. The van der Waals surface area contributed by atoms with Gasteiger partial charge in [0.05, 0.1) is 18.3 Å². The van der Waals surface area contributed by atoms with E-state index in [1.165, 1.54) is 0 Å². The molecule has 0 aromatic rings. The molecule has 11 atom stereocenters. The Hall–Kier alpha value is -0.650. The zero-order valence-corrected chi connectivity index (χ0v) is 17.3. The lowest BCUT2D eigenvalue weighted by molar-refractivity contribution is -0.306. The van der Waals surface area contributed by atoms with Gasteiger partial charge in [0.2, 0.25) is 0 Å². The van der Waals surface area contributed by atoms with Crippen molar-refractivity contribution in [2.45, 2.75) is 89.9 Å². The summed E-state index contributed by atoms with van der Waals surface area (Å²) in [5, 5.41) is 43.5. The van der Waals surface area contributed by atoms with Crippen LogP contribution in [0.2, 0.25) is 0 Å². The topological polar surface area (TPSA) is 101 Å². The summed E-state index contributed by atoms with van der Waals surface area (Å²) in [6.45, 7) is 4.32. The first-order valence-corrected chi connectivity index (χ1v) is 11.5. The van der Waals surface area contributed by atoms with E-state index in [0.717, 1.165) is 44.9 Å². The number of aliphatic hydroxyl groups is 3. The summed E-state index contributed by atoms with van der Waals surface area (Å²) in [6.07, 6.45) is 5.93. The number of carbonyl (C=O) groups excluding carboxylic acids is 1. The molecule has 0 saturated heterocycles. The summed E-state index contributed by atoms with van der Waals surface area (Å²) in [4.78, 5) is 10.9. The maximum atomic E-state index is 11.3. The highest BCUT2D eigenvalue weighted by atomic mass is 16.4. The van der Waals surface area contributed by atoms with E-state index in [1.54, 1.807) is 0 Å². The van der Waals surface area contributed by atoms with E-state index in [4.69, 9.17) is 0 Å². The molecule has 5 heteroatoms. The quantitative estimate of drug-likeness (QED) is 0.675. The first-order chi connectivity index (χ1) is 13.2. The minimum Gasteiger partial charge on any atom is -0.550 e. The van der Waals surface area contributed by atoms with Crippen LogP contribution in [0.4, 0.5) is 0 Å². The molecule has 0 bridgehead atoms. The third-order valence-corrected chi connectivity index (χ3v) is 9.60. The van der Waals surface area contributed by atoms with Crippen molar-refractivity contribution in [2.75, 3.05) is 0 Å². The fourth-order valence-corrected chi connectivity index (χ4v) is 8.35. The van der Waals surface area contributed by atoms with Crippen LogP contribution in [-0.4, -0.2) is 39.6 Å². The van der Waals surface area contributed by atoms with Gasteiger partial charge in [-0.05, 0) is 105 Å². The van der Waals surface area contributed by atoms with E-state index in [2.05, 4.69) is 13.8 Å². The van der Waals surface area contributed by atoms with E-state index >= 15 is 0 Å². The molecule has 0 radical (unpaired) electrons. The number of carbonyl (C=O) groups is 1. The molecule has 0 spiro atoms. The minimum absolute atomic E-state index is 0.0786. The summed E-state index contributed by atoms with van der Waals surface area (Å²) in [5.41, 5.74) is -0.242. The van der Waals surface area contributed by atoms with Gasteiger partial charge in [-0.1, -0.05) is 13.8 Å². The molecule has 4 saturated carbocycles. The Morgan fingerprint density at radius 1 is 1.07 bits per heavy atom. The second-order valence-electron chi connectivity index (χ2n) is 10.7. The van der Waals surface area contributed by atoms with Crippen LogP contribution in [0.3, 0.4) is 0 Å². The molecule has 1 unspecified atom stereocenters. The highest BCUT2D eigenvalue weighted by Crippen LogP contribution is 2.65. The van der Waals surface area contributed by atoms with Crippen LogP contribution in [-0.2, 0) is 4.79 Å². The second kappa shape index (κ2) is 7.55. The zero-order valence-electron chi connectivity index (χ0n) is 17.3. The van der Waals surface area contributed by atoms with Gasteiger partial charge >= 0.3 is 0 Å². The third-order valence-electron chi connectivity index (χ3n) is 9.60. The molecular formula is C23H37O5-. The summed E-state index contributed by atoms with van der Waals surface area (Å²) in [5.74, 6) is 1.34. The van der Waals surface area contributed by atoms with Crippen LogP contribution < -0.4 is 5.11 Å². The lowest BCUT2D eigenvalue weighted by Gasteiger charge is -2.59. The maximum absolute atomic E-state index is 11.3. The van der Waals surface area contributed by atoms with Crippen molar-refractivity contribution in [2.24, 2.45) is 46.8 Å². The number of carboxylic acid groups (broad SMARTS) is 1. The standard InChI is InChI=1S/C23H38O5/c1-12(3-8-21(27)28)17-6-7-18-22-16(11-20(26)23(17,18)2)15-5-4-14(24)9-13(15)10-19(22)25/h12-20,22,24-26H,3-11H2,1-2H3,(H,27,28)/p-1/t12-,13+,14-,15+,16-,17?,18+,19-,20+,22-,23-/m1/s1. The fourth-order valence-electron chi connectivity index (χ4n) is 8.35. The molecule has 0 aromatic heterocycles. The van der Waals surface area contributed by atoms with Gasteiger partial charge in [0.25, 0.3) is 0 Å². The molecule has 4 rings (SSSR count). The number of carboxylic acids is 1. The van der Waals surface area contributed by atoms with Crippen LogP contribution in [0.1, 0.15) is 71.6 Å². The van der Waals surface area contributed by atoms with Crippen molar-refractivity contribution in [1.29, 1.82) is 0 Å². The monoisotopic (exact) mass is 393 g/mol. The van der Waals surface area contributed by atoms with Gasteiger partial charge in [-0.15, -0.1) is 0 Å². The predicted octanol–water partition coefficient (Wildman–Crippen LogP) is 1.72. The van der Waals surface area contributed by atoms with Gasteiger partial charge in [0, 0.05) is 5.97 Å². The first-order valence-electron chi connectivity index (χ1n) is 11.5. The summed E-state index contributed by atoms with van der Waals surface area (Å²) in [6, 6.07) is 0. The molecule has 0 aliphatic heterocycles. The highest BCUT2D eigenvalue weighted by molar-refractivity contribution is 5.64. The van der Waals surface area contributed by atoms with Crippen LogP contribution in [0.15, 0.2) is 0 Å². The van der Waals surface area contributed by atoms with Crippen molar-refractivity contribution in [3.8, 4) is 0 Å². The smallest absolute Gasteiger partial charge is 0.0602 e. The predicted molar refractivity (Wildman–Crippen MR) is 103 cm³/mol. The molecule has 160 valence electrons. The number of aliphatic carboxylic acids is 1. The van der Waals surface area contributed by atoms with Crippen molar-refractivity contribution in [3.63, 3.8) is 0 Å². The molecule has 5 nitrogen and oxygen atoms in total. The Kier molecular flexibility index (Phi) is 5.56. The molecule has 28 heavy (non-hydrogen) atoms. The number of hydrogen-bond donors (Lipinski definition) is 3. The third kappa shape index (κ3) is 3.22. The Labute approximate surface area is 168 Å².